The fourth-order valence-electron chi connectivity index (χ4n) is 2.19. The molecular formula is C15H13N3OS2. The Bertz CT molecular complexity index is 878. The second kappa shape index (κ2) is 5.38. The van der Waals surface area contributed by atoms with Crippen molar-refractivity contribution in [1.82, 2.24) is 9.55 Å². The molecule has 0 aliphatic carbocycles. The highest BCUT2D eigenvalue weighted by molar-refractivity contribution is 7.80. The van der Waals surface area contributed by atoms with Crippen molar-refractivity contribution in [1.29, 1.82) is 0 Å². The topological polar surface area (TPSA) is 60.9 Å². The normalized spacial score (nSPS) is 10.9. The molecule has 0 amide bonds. The highest BCUT2D eigenvalue weighted by Crippen LogP contribution is 2.30. The summed E-state index contributed by atoms with van der Waals surface area (Å²) < 4.78 is 1.45. The fourth-order valence-corrected chi connectivity index (χ4v) is 3.24. The maximum atomic E-state index is 12.6. The molecule has 2 N–H and O–H groups in total. The number of nitrogens with zero attached hydrogens (tertiary/aromatic N) is 2. The molecule has 0 saturated carbocycles. The van der Waals surface area contributed by atoms with Crippen LogP contribution in [0.4, 0.5) is 0 Å². The van der Waals surface area contributed by atoms with Gasteiger partial charge in [-0.1, -0.05) is 42.0 Å². The number of hydrogen-bond donors (Lipinski definition) is 1. The number of rotatable bonds is 3. The fraction of sp³-hybridized carbons (Fsp3) is 0.133. The van der Waals surface area contributed by atoms with E-state index in [0.717, 1.165) is 16.0 Å². The van der Waals surface area contributed by atoms with Crippen molar-refractivity contribution < 1.29 is 0 Å². The first-order chi connectivity index (χ1) is 10.1. The maximum Gasteiger partial charge on any atom is 0.263 e. The van der Waals surface area contributed by atoms with Crippen molar-refractivity contribution in [2.75, 3.05) is 0 Å². The van der Waals surface area contributed by atoms with Gasteiger partial charge in [0, 0.05) is 10.9 Å². The molecule has 21 heavy (non-hydrogen) atoms. The van der Waals surface area contributed by atoms with Crippen LogP contribution in [0.25, 0.3) is 21.3 Å². The zero-order valence-corrected chi connectivity index (χ0v) is 13.0. The summed E-state index contributed by atoms with van der Waals surface area (Å²) in [7, 11) is 0. The van der Waals surface area contributed by atoms with Gasteiger partial charge >= 0.3 is 0 Å². The maximum absolute atomic E-state index is 12.6. The minimum Gasteiger partial charge on any atom is -0.392 e. The van der Waals surface area contributed by atoms with E-state index in [-0.39, 0.29) is 17.1 Å². The standard InChI is InChI=1S/C15H13N3OS2/c1-9-2-4-10(5-3-9)11-7-21-14-13(11)15(19)18(8-17-14)6-12(16)20/h2-5,7-8H,6H2,1H3,(H2,16,20). The molecule has 0 spiro atoms. The van der Waals surface area contributed by atoms with E-state index in [9.17, 15) is 4.79 Å². The Hall–Kier alpha value is -2.05. The lowest BCUT2D eigenvalue weighted by atomic mass is 10.1. The molecule has 0 unspecified atom stereocenters. The lowest BCUT2D eigenvalue weighted by molar-refractivity contribution is 0.796. The molecule has 0 atom stereocenters. The molecule has 0 bridgehead atoms. The van der Waals surface area contributed by atoms with Crippen LogP contribution in [0.3, 0.4) is 0 Å². The van der Waals surface area contributed by atoms with Gasteiger partial charge in [0.15, 0.2) is 0 Å². The van der Waals surface area contributed by atoms with Gasteiger partial charge in [0.25, 0.3) is 5.56 Å². The number of thiocarbonyl (C=S) groups is 1. The van der Waals surface area contributed by atoms with Crippen molar-refractivity contribution in [3.63, 3.8) is 0 Å². The van der Waals surface area contributed by atoms with Crippen LogP contribution >= 0.6 is 23.6 Å². The molecule has 0 radical (unpaired) electrons. The van der Waals surface area contributed by atoms with Crippen molar-refractivity contribution in [2.24, 2.45) is 5.73 Å². The first-order valence-corrected chi connectivity index (χ1v) is 7.67. The predicted octanol–water partition coefficient (Wildman–Crippen LogP) is 2.72. The quantitative estimate of drug-likeness (QED) is 0.755. The zero-order chi connectivity index (χ0) is 15.0. The third kappa shape index (κ3) is 2.59. The van der Waals surface area contributed by atoms with E-state index < -0.39 is 0 Å². The van der Waals surface area contributed by atoms with Crippen LogP contribution in [-0.4, -0.2) is 14.5 Å². The Morgan fingerprint density at radius 2 is 2.10 bits per heavy atom. The van der Waals surface area contributed by atoms with Crippen LogP contribution in [-0.2, 0) is 6.54 Å². The molecule has 0 aliphatic heterocycles. The largest absolute Gasteiger partial charge is 0.392 e. The minimum atomic E-state index is -0.107. The van der Waals surface area contributed by atoms with E-state index in [2.05, 4.69) is 4.98 Å². The number of fused-ring (bicyclic) bond motifs is 1. The number of aromatic nitrogens is 2. The summed E-state index contributed by atoms with van der Waals surface area (Å²) in [6.45, 7) is 2.24. The summed E-state index contributed by atoms with van der Waals surface area (Å²) in [6, 6.07) is 8.09. The third-order valence-corrected chi connectivity index (χ3v) is 4.26. The summed E-state index contributed by atoms with van der Waals surface area (Å²) in [5, 5.41) is 2.59. The monoisotopic (exact) mass is 315 g/mol. The first kappa shape index (κ1) is 13.9. The van der Waals surface area contributed by atoms with Gasteiger partial charge < -0.3 is 5.73 Å². The summed E-state index contributed by atoms with van der Waals surface area (Å²) >= 11 is 6.34. The van der Waals surface area contributed by atoms with Crippen LogP contribution in [0.5, 0.6) is 0 Å². The van der Waals surface area contributed by atoms with E-state index >= 15 is 0 Å². The van der Waals surface area contributed by atoms with Crippen molar-refractivity contribution >= 4 is 38.8 Å². The van der Waals surface area contributed by atoms with E-state index in [1.54, 1.807) is 0 Å². The molecule has 2 aromatic heterocycles. The van der Waals surface area contributed by atoms with E-state index in [1.807, 2.05) is 36.6 Å². The van der Waals surface area contributed by atoms with Crippen molar-refractivity contribution in [3.8, 4) is 11.1 Å². The lowest BCUT2D eigenvalue weighted by Gasteiger charge is -2.05. The van der Waals surface area contributed by atoms with E-state index in [0.29, 0.717) is 5.39 Å². The van der Waals surface area contributed by atoms with Crippen LogP contribution in [0.15, 0.2) is 40.8 Å². The molecule has 1 aromatic carbocycles. The van der Waals surface area contributed by atoms with Crippen LogP contribution < -0.4 is 11.3 Å². The SMILES string of the molecule is Cc1ccc(-c2csc3ncn(CC(N)=S)c(=O)c23)cc1. The van der Waals surface area contributed by atoms with Gasteiger partial charge in [-0.3, -0.25) is 9.36 Å². The highest BCUT2D eigenvalue weighted by Gasteiger charge is 2.13. The van der Waals surface area contributed by atoms with Gasteiger partial charge in [0.1, 0.15) is 4.83 Å². The second-order valence-corrected chi connectivity index (χ2v) is 6.22. The van der Waals surface area contributed by atoms with Crippen LogP contribution in [0, 0.1) is 6.92 Å². The minimum absolute atomic E-state index is 0.107. The Labute approximate surface area is 130 Å². The van der Waals surface area contributed by atoms with Gasteiger partial charge in [0.05, 0.1) is 23.2 Å². The molecule has 4 nitrogen and oxygen atoms in total. The summed E-state index contributed by atoms with van der Waals surface area (Å²) in [5.74, 6) is 0. The predicted molar refractivity (Wildman–Crippen MR) is 90.8 cm³/mol. The third-order valence-electron chi connectivity index (χ3n) is 3.25. The van der Waals surface area contributed by atoms with E-state index in [1.165, 1.54) is 27.8 Å². The molecule has 106 valence electrons. The second-order valence-electron chi connectivity index (χ2n) is 4.84. The van der Waals surface area contributed by atoms with E-state index in [4.69, 9.17) is 18.0 Å². The first-order valence-electron chi connectivity index (χ1n) is 6.38. The van der Waals surface area contributed by atoms with Gasteiger partial charge in [0.2, 0.25) is 0 Å². The average Bonchev–Trinajstić information content (AvgIpc) is 2.87. The molecule has 0 saturated heterocycles. The number of benzene rings is 1. The summed E-state index contributed by atoms with van der Waals surface area (Å²) in [4.78, 5) is 17.9. The number of thiophene rings is 1. The van der Waals surface area contributed by atoms with Crippen molar-refractivity contribution in [2.45, 2.75) is 13.5 Å². The van der Waals surface area contributed by atoms with Gasteiger partial charge in [-0.05, 0) is 12.5 Å². The van der Waals surface area contributed by atoms with Crippen LogP contribution in [0.1, 0.15) is 5.56 Å². The Balaban J connectivity index is 2.22. The Kier molecular flexibility index (Phi) is 3.57. The Morgan fingerprint density at radius 3 is 2.76 bits per heavy atom. The average molecular weight is 315 g/mol. The molecule has 6 heteroatoms. The molecular weight excluding hydrogens is 302 g/mol. The molecule has 3 aromatic rings. The number of nitrogens with two attached hydrogens (primary N) is 1. The smallest absolute Gasteiger partial charge is 0.263 e. The molecule has 0 fully saturated rings. The lowest BCUT2D eigenvalue weighted by Crippen LogP contribution is -2.27. The van der Waals surface area contributed by atoms with Gasteiger partial charge in [-0.2, -0.15) is 0 Å². The highest BCUT2D eigenvalue weighted by atomic mass is 32.1. The zero-order valence-electron chi connectivity index (χ0n) is 11.4. The summed E-state index contributed by atoms with van der Waals surface area (Å²) in [5.41, 5.74) is 8.52. The van der Waals surface area contributed by atoms with Crippen LogP contribution in [0.2, 0.25) is 0 Å². The molecule has 2 heterocycles. The molecule has 3 rings (SSSR count). The van der Waals surface area contributed by atoms with Gasteiger partial charge in [-0.25, -0.2) is 4.98 Å². The Morgan fingerprint density at radius 1 is 1.38 bits per heavy atom. The van der Waals surface area contributed by atoms with Crippen molar-refractivity contribution in [3.05, 3.63) is 51.9 Å². The van der Waals surface area contributed by atoms with Gasteiger partial charge in [-0.15, -0.1) is 11.3 Å². The number of hydrogen-bond acceptors (Lipinski definition) is 4. The molecule has 0 aliphatic rings. The summed E-state index contributed by atoms with van der Waals surface area (Å²) in [6.07, 6.45) is 1.50. The number of aryl methyl sites for hydroxylation is 1.